The van der Waals surface area contributed by atoms with Crippen molar-refractivity contribution in [1.29, 1.82) is 0 Å². The first-order valence-electron chi connectivity index (χ1n) is 10.8. The predicted molar refractivity (Wildman–Crippen MR) is 139 cm³/mol. The second-order valence-corrected chi connectivity index (χ2v) is 12.5. The number of rotatable bonds is 9. The molecule has 0 aliphatic rings. The van der Waals surface area contributed by atoms with E-state index >= 15 is 0 Å². The van der Waals surface area contributed by atoms with Gasteiger partial charge in [-0.1, -0.05) is 12.1 Å². The highest BCUT2D eigenvalue weighted by molar-refractivity contribution is 7.87. The second kappa shape index (κ2) is 11.3. The first kappa shape index (κ1) is 30.6. The molecule has 0 heterocycles. The van der Waals surface area contributed by atoms with Crippen molar-refractivity contribution in [2.75, 3.05) is 17.2 Å². The van der Waals surface area contributed by atoms with E-state index in [-0.39, 0.29) is 12.3 Å². The number of anilines is 2. The molecule has 0 spiro atoms. The second-order valence-electron chi connectivity index (χ2n) is 8.26. The van der Waals surface area contributed by atoms with E-state index in [9.17, 15) is 53.3 Å². The van der Waals surface area contributed by atoms with Crippen LogP contribution < -0.4 is 16.0 Å². The summed E-state index contributed by atoms with van der Waals surface area (Å²) in [4.78, 5) is 32.6. The molecule has 0 saturated heterocycles. The predicted octanol–water partition coefficient (Wildman–Crippen LogP) is 0.836. The van der Waals surface area contributed by atoms with Crippen LogP contribution in [-0.2, 0) is 51.2 Å². The topological polar surface area (TPSA) is 250 Å². The summed E-state index contributed by atoms with van der Waals surface area (Å²) in [6.07, 6.45) is -0.148. The number of hydrogen-bond acceptors (Lipinski definition) is 9. The van der Waals surface area contributed by atoms with Crippen molar-refractivity contribution in [1.82, 2.24) is 5.32 Å². The molecule has 0 radical (unpaired) electrons. The average molecular weight is 616 g/mol. The lowest BCUT2D eigenvalue weighted by Gasteiger charge is -2.15. The van der Waals surface area contributed by atoms with Crippen molar-refractivity contribution in [2.45, 2.75) is 28.0 Å². The number of carbonyl (C=O) groups excluding carboxylic acids is 3. The molecule has 214 valence electrons. The van der Waals surface area contributed by atoms with E-state index in [1.165, 1.54) is 6.92 Å². The summed E-state index contributed by atoms with van der Waals surface area (Å²) in [6, 6.07) is 8.72. The molecule has 0 aliphatic carbocycles. The molecule has 0 saturated carbocycles. The molecular weight excluding hydrogens is 594 g/mol. The highest BCUT2D eigenvalue weighted by Crippen LogP contribution is 2.36. The van der Waals surface area contributed by atoms with E-state index in [2.05, 4.69) is 16.0 Å². The molecule has 0 atom stereocenters. The molecule has 6 N–H and O–H groups in total. The van der Waals surface area contributed by atoms with Crippen LogP contribution in [0.2, 0.25) is 0 Å². The Bertz CT molecular complexity index is 1850. The summed E-state index contributed by atoms with van der Waals surface area (Å²) in [6.45, 7) is 0.688. The molecule has 0 aromatic heterocycles. The lowest BCUT2D eigenvalue weighted by molar-refractivity contribution is -0.123. The minimum Gasteiger partial charge on any atom is -0.347 e. The van der Waals surface area contributed by atoms with Crippen molar-refractivity contribution < 1.29 is 53.3 Å². The van der Waals surface area contributed by atoms with Gasteiger partial charge >= 0.3 is 0 Å². The smallest absolute Gasteiger partial charge is 0.295 e. The molecule has 0 bridgehead atoms. The third-order valence-corrected chi connectivity index (χ3v) is 7.85. The quantitative estimate of drug-likeness (QED) is 0.183. The Morgan fingerprint density at radius 3 is 1.85 bits per heavy atom. The zero-order valence-corrected chi connectivity index (χ0v) is 22.7. The molecule has 0 aliphatic heterocycles. The normalized spacial score (nSPS) is 12.1. The van der Waals surface area contributed by atoms with Gasteiger partial charge < -0.3 is 16.0 Å². The van der Waals surface area contributed by atoms with Gasteiger partial charge in [0.25, 0.3) is 30.4 Å². The lowest BCUT2D eigenvalue weighted by Crippen LogP contribution is -2.33. The van der Waals surface area contributed by atoms with Crippen LogP contribution in [0.15, 0.2) is 63.2 Å². The standard InChI is InChI=1S/C22H21N3O12S3/c1-12(26)24-14-4-2-13(3-5-14)8-20(27)23-11-21(28)25-17-6-7-18(39(32,33)34)16-9-15(38(29,30)31)10-19(22(16)17)40(35,36)37/h2-7,9-10H,8,11H2,1H3,(H,23,27)(H,24,26)(H,25,28)(H,29,30,31)(H,32,33,34)(H,35,36,37). The summed E-state index contributed by atoms with van der Waals surface area (Å²) in [5.41, 5.74) is 0.618. The van der Waals surface area contributed by atoms with E-state index < -0.39 is 79.9 Å². The summed E-state index contributed by atoms with van der Waals surface area (Å²) < 4.78 is 99.8. The fourth-order valence-corrected chi connectivity index (χ4v) is 5.65. The number of benzene rings is 3. The Balaban J connectivity index is 1.91. The summed E-state index contributed by atoms with van der Waals surface area (Å²) in [7, 11) is -15.5. The van der Waals surface area contributed by atoms with Gasteiger partial charge in [0.1, 0.15) is 9.79 Å². The zero-order valence-electron chi connectivity index (χ0n) is 20.3. The van der Waals surface area contributed by atoms with E-state index in [1.807, 2.05) is 0 Å². The van der Waals surface area contributed by atoms with Gasteiger partial charge in [-0.2, -0.15) is 25.3 Å². The van der Waals surface area contributed by atoms with Gasteiger partial charge in [0.2, 0.25) is 17.7 Å². The molecule has 40 heavy (non-hydrogen) atoms. The van der Waals surface area contributed by atoms with Gasteiger partial charge in [0.05, 0.1) is 23.5 Å². The SMILES string of the molecule is CC(=O)Nc1ccc(CC(=O)NCC(=O)Nc2ccc(S(=O)(=O)O)c3cc(S(=O)(=O)O)cc(S(=O)(=O)O)c23)cc1. The number of hydrogen-bond donors (Lipinski definition) is 6. The molecular formula is C22H21N3O12S3. The maximum Gasteiger partial charge on any atom is 0.295 e. The first-order valence-corrected chi connectivity index (χ1v) is 15.1. The summed E-state index contributed by atoms with van der Waals surface area (Å²) in [5, 5.41) is 5.63. The molecule has 3 amide bonds. The average Bonchev–Trinajstić information content (AvgIpc) is 2.81. The third-order valence-electron chi connectivity index (χ3n) is 5.22. The number of carbonyl (C=O) groups is 3. The Labute approximate surface area is 227 Å². The van der Waals surface area contributed by atoms with Crippen LogP contribution in [0.4, 0.5) is 11.4 Å². The Morgan fingerprint density at radius 1 is 0.725 bits per heavy atom. The van der Waals surface area contributed by atoms with Crippen molar-refractivity contribution in [3.05, 3.63) is 54.1 Å². The van der Waals surface area contributed by atoms with Crippen molar-refractivity contribution in [3.8, 4) is 0 Å². The number of fused-ring (bicyclic) bond motifs is 1. The third kappa shape index (κ3) is 7.58. The van der Waals surface area contributed by atoms with Gasteiger partial charge in [-0.3, -0.25) is 28.0 Å². The van der Waals surface area contributed by atoms with Gasteiger partial charge in [-0.05, 0) is 42.0 Å². The minimum atomic E-state index is -5.30. The van der Waals surface area contributed by atoms with Crippen molar-refractivity contribution in [3.63, 3.8) is 0 Å². The van der Waals surface area contributed by atoms with E-state index in [0.29, 0.717) is 23.4 Å². The molecule has 3 aromatic rings. The van der Waals surface area contributed by atoms with Gasteiger partial charge in [-0.15, -0.1) is 0 Å². The fourth-order valence-electron chi connectivity index (χ4n) is 3.61. The minimum absolute atomic E-state index is 0.148. The highest BCUT2D eigenvalue weighted by Gasteiger charge is 2.27. The monoisotopic (exact) mass is 615 g/mol. The van der Waals surface area contributed by atoms with Crippen LogP contribution in [0.3, 0.4) is 0 Å². The number of amides is 3. The fraction of sp³-hybridized carbons (Fsp3) is 0.136. The highest BCUT2D eigenvalue weighted by atomic mass is 32.2. The van der Waals surface area contributed by atoms with Crippen LogP contribution in [0.1, 0.15) is 12.5 Å². The molecule has 3 aromatic carbocycles. The summed E-state index contributed by atoms with van der Waals surface area (Å²) in [5.74, 6) is -1.81. The van der Waals surface area contributed by atoms with Crippen LogP contribution in [0.5, 0.6) is 0 Å². The van der Waals surface area contributed by atoms with Gasteiger partial charge in [0.15, 0.2) is 0 Å². The Hall–Kier alpha value is -3.94. The number of nitrogens with one attached hydrogen (secondary N) is 3. The largest absolute Gasteiger partial charge is 0.347 e. The van der Waals surface area contributed by atoms with Crippen LogP contribution in [-0.4, -0.2) is 63.2 Å². The first-order chi connectivity index (χ1) is 18.4. The van der Waals surface area contributed by atoms with Gasteiger partial charge in [0, 0.05) is 23.4 Å². The van der Waals surface area contributed by atoms with Crippen molar-refractivity contribution in [2.24, 2.45) is 0 Å². The molecule has 3 rings (SSSR count). The maximum absolute atomic E-state index is 12.5. The lowest BCUT2D eigenvalue weighted by atomic mass is 10.1. The van der Waals surface area contributed by atoms with E-state index in [1.54, 1.807) is 24.3 Å². The van der Waals surface area contributed by atoms with E-state index in [4.69, 9.17) is 0 Å². The molecule has 0 unspecified atom stereocenters. The summed E-state index contributed by atoms with van der Waals surface area (Å²) >= 11 is 0. The van der Waals surface area contributed by atoms with Crippen molar-refractivity contribution >= 4 is 70.2 Å². The molecule has 15 nitrogen and oxygen atoms in total. The molecule has 0 fully saturated rings. The van der Waals surface area contributed by atoms with E-state index in [0.717, 1.165) is 12.1 Å². The maximum atomic E-state index is 12.5. The zero-order chi connectivity index (χ0) is 30.0. The van der Waals surface area contributed by atoms with Crippen LogP contribution in [0, 0.1) is 0 Å². The Kier molecular flexibility index (Phi) is 8.63. The molecule has 18 heteroatoms. The van der Waals surface area contributed by atoms with Crippen LogP contribution >= 0.6 is 0 Å². The Morgan fingerprint density at radius 2 is 1.32 bits per heavy atom. The van der Waals surface area contributed by atoms with Crippen LogP contribution in [0.25, 0.3) is 10.8 Å². The van der Waals surface area contributed by atoms with Gasteiger partial charge in [-0.25, -0.2) is 0 Å².